The standard InChI is InChI=1S/C14H19F3N2O2/c15-14(16,17)9-19(8-12-2-1-7-21-12)13(20)10-3-5-11(18)6-4-10/h1-2,7,10-11H,3-6,8-9,18H2. The van der Waals surface area contributed by atoms with E-state index >= 15 is 0 Å². The number of carbonyl (C=O) groups is 1. The normalized spacial score (nSPS) is 23.0. The summed E-state index contributed by atoms with van der Waals surface area (Å²) in [7, 11) is 0. The summed E-state index contributed by atoms with van der Waals surface area (Å²) in [6.45, 7) is -1.41. The van der Waals surface area contributed by atoms with Gasteiger partial charge in [-0.3, -0.25) is 4.79 Å². The second-order valence-electron chi connectivity index (χ2n) is 5.50. The molecule has 2 N–H and O–H groups in total. The highest BCUT2D eigenvalue weighted by molar-refractivity contribution is 5.79. The molecule has 21 heavy (non-hydrogen) atoms. The maximum absolute atomic E-state index is 12.7. The molecule has 0 atom stereocenters. The molecule has 1 saturated carbocycles. The highest BCUT2D eigenvalue weighted by Crippen LogP contribution is 2.27. The van der Waals surface area contributed by atoms with Gasteiger partial charge in [0.1, 0.15) is 12.3 Å². The van der Waals surface area contributed by atoms with Crippen molar-refractivity contribution in [3.63, 3.8) is 0 Å². The maximum Gasteiger partial charge on any atom is 0.406 e. The van der Waals surface area contributed by atoms with E-state index in [4.69, 9.17) is 10.2 Å². The first-order chi connectivity index (χ1) is 9.85. The monoisotopic (exact) mass is 304 g/mol. The zero-order valence-electron chi connectivity index (χ0n) is 11.6. The fourth-order valence-electron chi connectivity index (χ4n) is 2.64. The molecule has 7 heteroatoms. The van der Waals surface area contributed by atoms with Gasteiger partial charge < -0.3 is 15.1 Å². The number of hydrogen-bond acceptors (Lipinski definition) is 3. The van der Waals surface area contributed by atoms with E-state index in [1.54, 1.807) is 12.1 Å². The van der Waals surface area contributed by atoms with Crippen molar-refractivity contribution in [2.24, 2.45) is 11.7 Å². The van der Waals surface area contributed by atoms with Gasteiger partial charge in [-0.05, 0) is 37.8 Å². The van der Waals surface area contributed by atoms with E-state index in [1.807, 2.05) is 0 Å². The molecule has 1 aromatic heterocycles. The van der Waals surface area contributed by atoms with Crippen molar-refractivity contribution >= 4 is 5.91 Å². The van der Waals surface area contributed by atoms with Gasteiger partial charge in [-0.25, -0.2) is 0 Å². The molecule has 0 radical (unpaired) electrons. The van der Waals surface area contributed by atoms with E-state index < -0.39 is 18.6 Å². The molecular formula is C14H19F3N2O2. The van der Waals surface area contributed by atoms with E-state index in [-0.39, 0.29) is 18.5 Å². The predicted molar refractivity (Wildman–Crippen MR) is 70.1 cm³/mol. The number of nitrogens with zero attached hydrogens (tertiary/aromatic N) is 1. The first kappa shape index (κ1) is 15.9. The van der Waals surface area contributed by atoms with E-state index in [2.05, 4.69) is 0 Å². The van der Waals surface area contributed by atoms with Crippen molar-refractivity contribution < 1.29 is 22.4 Å². The molecule has 4 nitrogen and oxygen atoms in total. The molecular weight excluding hydrogens is 285 g/mol. The fourth-order valence-corrected chi connectivity index (χ4v) is 2.64. The maximum atomic E-state index is 12.7. The smallest absolute Gasteiger partial charge is 0.406 e. The van der Waals surface area contributed by atoms with Crippen molar-refractivity contribution in [2.75, 3.05) is 6.54 Å². The number of alkyl halides is 3. The Hall–Kier alpha value is -1.50. The minimum atomic E-state index is -4.42. The second kappa shape index (κ2) is 6.51. The molecule has 0 bridgehead atoms. The van der Waals surface area contributed by atoms with Gasteiger partial charge in [0.25, 0.3) is 0 Å². The molecule has 1 aliphatic rings. The third-order valence-electron chi connectivity index (χ3n) is 3.73. The van der Waals surface area contributed by atoms with Crippen molar-refractivity contribution in [3.05, 3.63) is 24.2 Å². The molecule has 1 heterocycles. The van der Waals surface area contributed by atoms with Crippen LogP contribution in [0.4, 0.5) is 13.2 Å². The van der Waals surface area contributed by atoms with Crippen LogP contribution in [0.3, 0.4) is 0 Å². The van der Waals surface area contributed by atoms with Crippen LogP contribution in [0.25, 0.3) is 0 Å². The highest BCUT2D eigenvalue weighted by Gasteiger charge is 2.36. The summed E-state index contributed by atoms with van der Waals surface area (Å²) in [5.41, 5.74) is 5.76. The van der Waals surface area contributed by atoms with Crippen LogP contribution in [0, 0.1) is 5.92 Å². The fraction of sp³-hybridized carbons (Fsp3) is 0.643. The van der Waals surface area contributed by atoms with Crippen molar-refractivity contribution in [1.82, 2.24) is 4.90 Å². The van der Waals surface area contributed by atoms with Gasteiger partial charge in [0, 0.05) is 12.0 Å². The minimum absolute atomic E-state index is 0.0511. The number of amides is 1. The molecule has 1 amide bonds. The van der Waals surface area contributed by atoms with Crippen molar-refractivity contribution in [3.8, 4) is 0 Å². The first-order valence-corrected chi connectivity index (χ1v) is 6.98. The van der Waals surface area contributed by atoms with E-state index in [9.17, 15) is 18.0 Å². The lowest BCUT2D eigenvalue weighted by Crippen LogP contribution is -2.43. The summed E-state index contributed by atoms with van der Waals surface area (Å²) in [6.07, 6.45) is -0.592. The van der Waals surface area contributed by atoms with Crippen molar-refractivity contribution in [2.45, 2.75) is 44.4 Å². The first-order valence-electron chi connectivity index (χ1n) is 6.98. The molecule has 2 rings (SSSR count). The van der Waals surface area contributed by atoms with Gasteiger partial charge in [-0.15, -0.1) is 0 Å². The van der Waals surface area contributed by atoms with Crippen LogP contribution in [0.15, 0.2) is 22.8 Å². The number of rotatable bonds is 4. The van der Waals surface area contributed by atoms with Gasteiger partial charge in [-0.2, -0.15) is 13.2 Å². The lowest BCUT2D eigenvalue weighted by atomic mass is 9.85. The van der Waals surface area contributed by atoms with E-state index in [0.29, 0.717) is 31.4 Å². The summed E-state index contributed by atoms with van der Waals surface area (Å²) in [6, 6.07) is 3.20. The molecule has 0 spiro atoms. The van der Waals surface area contributed by atoms with Crippen LogP contribution in [0.1, 0.15) is 31.4 Å². The minimum Gasteiger partial charge on any atom is -0.467 e. The summed E-state index contributed by atoms with van der Waals surface area (Å²) in [4.78, 5) is 13.2. The Balaban J connectivity index is 2.04. The average Bonchev–Trinajstić information content (AvgIpc) is 2.89. The molecule has 1 fully saturated rings. The number of carbonyl (C=O) groups excluding carboxylic acids is 1. The summed E-state index contributed by atoms with van der Waals surface area (Å²) < 4.78 is 43.1. The Bertz CT molecular complexity index is 451. The topological polar surface area (TPSA) is 59.5 Å². The van der Waals surface area contributed by atoms with Crippen LogP contribution in [-0.4, -0.2) is 29.6 Å². The predicted octanol–water partition coefficient (Wildman–Crippen LogP) is 2.69. The quantitative estimate of drug-likeness (QED) is 0.930. The van der Waals surface area contributed by atoms with Gasteiger partial charge in [0.15, 0.2) is 0 Å². The summed E-state index contributed by atoms with van der Waals surface area (Å²) >= 11 is 0. The Morgan fingerprint density at radius 3 is 2.52 bits per heavy atom. The Kier molecular flexibility index (Phi) is 4.92. The van der Waals surface area contributed by atoms with Gasteiger partial charge >= 0.3 is 6.18 Å². The lowest BCUT2D eigenvalue weighted by Gasteiger charge is -2.31. The van der Waals surface area contributed by atoms with Gasteiger partial charge in [0.2, 0.25) is 5.91 Å². The summed E-state index contributed by atoms with van der Waals surface area (Å²) in [5, 5.41) is 0. The largest absolute Gasteiger partial charge is 0.467 e. The number of nitrogens with two attached hydrogens (primary N) is 1. The average molecular weight is 304 g/mol. The lowest BCUT2D eigenvalue weighted by molar-refractivity contribution is -0.166. The van der Waals surface area contributed by atoms with Crippen LogP contribution >= 0.6 is 0 Å². The van der Waals surface area contributed by atoms with Crippen LogP contribution in [0.5, 0.6) is 0 Å². The number of halogens is 3. The summed E-state index contributed by atoms with van der Waals surface area (Å²) in [5.74, 6) is -0.488. The number of furan rings is 1. The molecule has 0 aliphatic heterocycles. The van der Waals surface area contributed by atoms with E-state index in [0.717, 1.165) is 4.90 Å². The Labute approximate surface area is 121 Å². The Morgan fingerprint density at radius 2 is 2.00 bits per heavy atom. The molecule has 1 aliphatic carbocycles. The molecule has 118 valence electrons. The zero-order valence-corrected chi connectivity index (χ0v) is 11.6. The molecule has 0 aromatic carbocycles. The highest BCUT2D eigenvalue weighted by atomic mass is 19.4. The zero-order chi connectivity index (χ0) is 15.5. The SMILES string of the molecule is NC1CCC(C(=O)N(Cc2ccco2)CC(F)(F)F)CC1. The van der Waals surface area contributed by atoms with Crippen LogP contribution in [-0.2, 0) is 11.3 Å². The Morgan fingerprint density at radius 1 is 1.33 bits per heavy atom. The molecule has 0 unspecified atom stereocenters. The van der Waals surface area contributed by atoms with Gasteiger partial charge in [-0.1, -0.05) is 0 Å². The second-order valence-corrected chi connectivity index (χ2v) is 5.50. The molecule has 1 aromatic rings. The van der Waals surface area contributed by atoms with Gasteiger partial charge in [0.05, 0.1) is 12.8 Å². The molecule has 0 saturated heterocycles. The van der Waals surface area contributed by atoms with E-state index in [1.165, 1.54) is 6.26 Å². The third-order valence-corrected chi connectivity index (χ3v) is 3.73. The van der Waals surface area contributed by atoms with Crippen molar-refractivity contribution in [1.29, 1.82) is 0 Å². The number of hydrogen-bond donors (Lipinski definition) is 1. The van der Waals surface area contributed by atoms with Crippen LogP contribution < -0.4 is 5.73 Å². The van der Waals surface area contributed by atoms with Crippen LogP contribution in [0.2, 0.25) is 0 Å². The third kappa shape index (κ3) is 4.77.